The van der Waals surface area contributed by atoms with Crippen molar-refractivity contribution >= 4 is 21.8 Å². The number of hydrogen-bond acceptors (Lipinski definition) is 5. The maximum atomic E-state index is 13.5. The fraction of sp³-hybridized carbons (Fsp3) is 0.556. The lowest BCUT2D eigenvalue weighted by molar-refractivity contribution is -0.120. The zero-order chi connectivity index (χ0) is 21.6. The highest BCUT2D eigenvalue weighted by Crippen LogP contribution is 2.14. The zero-order valence-electron chi connectivity index (χ0n) is 16.3. The van der Waals surface area contributed by atoms with Gasteiger partial charge in [0.05, 0.1) is 23.5 Å². The number of carbonyl (C=O) groups excluding carboxylic acids is 2. The summed E-state index contributed by atoms with van der Waals surface area (Å²) in [4.78, 5) is 23.7. The Morgan fingerprint density at radius 3 is 2.41 bits per heavy atom. The van der Waals surface area contributed by atoms with Crippen LogP contribution in [-0.4, -0.2) is 68.7 Å². The van der Waals surface area contributed by atoms with Crippen LogP contribution in [0.2, 0.25) is 0 Å². The summed E-state index contributed by atoms with van der Waals surface area (Å²) in [6, 6.07) is 2.57. The lowest BCUT2D eigenvalue weighted by Gasteiger charge is -2.34. The first-order chi connectivity index (χ1) is 13.6. The minimum absolute atomic E-state index is 0.0676. The monoisotopic (exact) mass is 433 g/mol. The van der Waals surface area contributed by atoms with Gasteiger partial charge < -0.3 is 15.4 Å². The van der Waals surface area contributed by atoms with Gasteiger partial charge in [0, 0.05) is 38.7 Å². The molecule has 0 bridgehead atoms. The van der Waals surface area contributed by atoms with Crippen molar-refractivity contribution in [2.24, 2.45) is 0 Å². The van der Waals surface area contributed by atoms with E-state index in [9.17, 15) is 26.8 Å². The lowest BCUT2D eigenvalue weighted by Crippen LogP contribution is -2.49. The molecule has 162 valence electrons. The van der Waals surface area contributed by atoms with Gasteiger partial charge in [-0.3, -0.25) is 9.59 Å². The van der Waals surface area contributed by atoms with Crippen LogP contribution < -0.4 is 10.6 Å². The zero-order valence-corrected chi connectivity index (χ0v) is 17.1. The summed E-state index contributed by atoms with van der Waals surface area (Å²) in [7, 11) is -3.53. The molecule has 29 heavy (non-hydrogen) atoms. The van der Waals surface area contributed by atoms with Crippen LogP contribution in [-0.2, 0) is 19.6 Å². The third kappa shape index (κ3) is 7.02. The molecule has 1 saturated heterocycles. The molecule has 1 aliphatic rings. The second-order valence-corrected chi connectivity index (χ2v) is 8.96. The van der Waals surface area contributed by atoms with Gasteiger partial charge in [0.2, 0.25) is 15.9 Å². The fourth-order valence-corrected chi connectivity index (χ4v) is 4.45. The van der Waals surface area contributed by atoms with E-state index in [1.807, 2.05) is 0 Å². The Morgan fingerprint density at radius 1 is 1.14 bits per heavy atom. The van der Waals surface area contributed by atoms with Crippen LogP contribution >= 0.6 is 0 Å². The minimum Gasteiger partial charge on any atom is -0.373 e. The molecule has 2 atom stereocenters. The molecule has 2 N–H and O–H groups in total. The summed E-state index contributed by atoms with van der Waals surface area (Å²) in [6.07, 6.45) is -0.504. The fourth-order valence-electron chi connectivity index (χ4n) is 2.95. The smallest absolute Gasteiger partial charge is 0.254 e. The lowest BCUT2D eigenvalue weighted by atomic mass is 10.2. The first-order valence-electron chi connectivity index (χ1n) is 9.21. The Labute approximate surface area is 168 Å². The Kier molecular flexibility index (Phi) is 8.05. The third-order valence-corrected chi connectivity index (χ3v) is 6.08. The molecular weight excluding hydrogens is 408 g/mol. The molecule has 1 aliphatic heterocycles. The van der Waals surface area contributed by atoms with Crippen molar-refractivity contribution in [2.45, 2.75) is 32.5 Å². The molecule has 2 unspecified atom stereocenters. The van der Waals surface area contributed by atoms with Gasteiger partial charge in [-0.05, 0) is 26.0 Å². The van der Waals surface area contributed by atoms with Gasteiger partial charge in [-0.1, -0.05) is 0 Å². The van der Waals surface area contributed by atoms with Crippen LogP contribution in [0.3, 0.4) is 0 Å². The number of ether oxygens (including phenoxy) is 1. The minimum atomic E-state index is -3.53. The molecule has 0 saturated carbocycles. The van der Waals surface area contributed by atoms with E-state index in [1.165, 1.54) is 4.31 Å². The van der Waals surface area contributed by atoms with Crippen molar-refractivity contribution in [3.63, 3.8) is 0 Å². The summed E-state index contributed by atoms with van der Waals surface area (Å²) in [5, 5.41) is 4.84. The predicted octanol–water partition coefficient (Wildman–Crippen LogP) is 0.640. The SMILES string of the molecule is CC1CN(S(=O)(=O)CCNC(=O)CCNC(=O)c2ccc(F)cc2F)CC(C)O1. The molecule has 2 rings (SSSR count). The number of sulfonamides is 1. The van der Waals surface area contributed by atoms with Gasteiger partial charge in [-0.2, -0.15) is 4.31 Å². The second kappa shape index (κ2) is 10.1. The summed E-state index contributed by atoms with van der Waals surface area (Å²) in [5.41, 5.74) is -0.327. The van der Waals surface area contributed by atoms with Crippen molar-refractivity contribution in [2.75, 3.05) is 31.9 Å². The van der Waals surface area contributed by atoms with E-state index < -0.39 is 33.5 Å². The molecule has 2 amide bonds. The van der Waals surface area contributed by atoms with Crippen molar-refractivity contribution in [1.29, 1.82) is 0 Å². The number of rotatable bonds is 8. The van der Waals surface area contributed by atoms with E-state index in [0.717, 1.165) is 12.1 Å². The summed E-state index contributed by atoms with van der Waals surface area (Å²) >= 11 is 0. The summed E-state index contributed by atoms with van der Waals surface area (Å²) in [6.45, 7) is 3.99. The van der Waals surface area contributed by atoms with Crippen LogP contribution in [0.5, 0.6) is 0 Å². The molecule has 1 heterocycles. The van der Waals surface area contributed by atoms with Crippen LogP contribution in [0.4, 0.5) is 8.78 Å². The molecule has 1 fully saturated rings. The number of morpholine rings is 1. The molecule has 1 aromatic rings. The van der Waals surface area contributed by atoms with Gasteiger partial charge in [0.25, 0.3) is 5.91 Å². The number of carbonyl (C=O) groups is 2. The topological polar surface area (TPSA) is 105 Å². The average molecular weight is 433 g/mol. The van der Waals surface area contributed by atoms with E-state index in [2.05, 4.69) is 10.6 Å². The summed E-state index contributed by atoms with van der Waals surface area (Å²) in [5.74, 6) is -3.26. The van der Waals surface area contributed by atoms with Gasteiger partial charge in [0.1, 0.15) is 11.6 Å². The van der Waals surface area contributed by atoms with Crippen molar-refractivity contribution in [3.8, 4) is 0 Å². The third-order valence-electron chi connectivity index (χ3n) is 4.28. The molecule has 0 radical (unpaired) electrons. The Morgan fingerprint density at radius 2 is 1.79 bits per heavy atom. The molecule has 8 nitrogen and oxygen atoms in total. The summed E-state index contributed by atoms with van der Waals surface area (Å²) < 4.78 is 58.0. The largest absolute Gasteiger partial charge is 0.373 e. The van der Waals surface area contributed by atoms with E-state index in [0.29, 0.717) is 6.07 Å². The molecule has 0 spiro atoms. The number of nitrogens with zero attached hydrogens (tertiary/aromatic N) is 1. The van der Waals surface area contributed by atoms with Crippen LogP contribution in [0, 0.1) is 11.6 Å². The standard InChI is InChI=1S/C18H25F2N3O5S/c1-12-10-23(11-13(2)28-12)29(26,27)8-7-21-17(24)5-6-22-18(25)15-4-3-14(19)9-16(15)20/h3-4,9,12-13H,5-8,10-11H2,1-2H3,(H,21,24)(H,22,25). The molecule has 11 heteroatoms. The molecule has 0 aliphatic carbocycles. The Bertz CT molecular complexity index is 840. The average Bonchev–Trinajstić information content (AvgIpc) is 2.60. The van der Waals surface area contributed by atoms with E-state index in [4.69, 9.17) is 4.74 Å². The van der Waals surface area contributed by atoms with E-state index in [1.54, 1.807) is 13.8 Å². The predicted molar refractivity (Wildman–Crippen MR) is 102 cm³/mol. The van der Waals surface area contributed by atoms with E-state index >= 15 is 0 Å². The Balaban J connectivity index is 1.71. The van der Waals surface area contributed by atoms with Crippen LogP contribution in [0.15, 0.2) is 18.2 Å². The van der Waals surface area contributed by atoms with Crippen molar-refractivity contribution in [1.82, 2.24) is 14.9 Å². The number of nitrogens with one attached hydrogen (secondary N) is 2. The molecular formula is C18H25F2N3O5S. The highest BCUT2D eigenvalue weighted by molar-refractivity contribution is 7.89. The quantitative estimate of drug-likeness (QED) is 0.626. The van der Waals surface area contributed by atoms with Gasteiger partial charge in [-0.25, -0.2) is 17.2 Å². The number of benzene rings is 1. The van der Waals surface area contributed by atoms with Gasteiger partial charge >= 0.3 is 0 Å². The number of hydrogen-bond donors (Lipinski definition) is 2. The highest BCUT2D eigenvalue weighted by atomic mass is 32.2. The van der Waals surface area contributed by atoms with Gasteiger partial charge in [0.15, 0.2) is 0 Å². The maximum absolute atomic E-state index is 13.5. The normalized spacial score (nSPS) is 20.3. The molecule has 0 aromatic heterocycles. The Hall–Kier alpha value is -2.11. The van der Waals surface area contributed by atoms with Crippen molar-refractivity contribution < 1.29 is 31.5 Å². The highest BCUT2D eigenvalue weighted by Gasteiger charge is 2.30. The van der Waals surface area contributed by atoms with E-state index in [-0.39, 0.29) is 56.1 Å². The molecule has 1 aromatic carbocycles. The first-order valence-corrected chi connectivity index (χ1v) is 10.8. The van der Waals surface area contributed by atoms with Gasteiger partial charge in [-0.15, -0.1) is 0 Å². The van der Waals surface area contributed by atoms with Crippen LogP contribution in [0.25, 0.3) is 0 Å². The number of amides is 2. The van der Waals surface area contributed by atoms with Crippen LogP contribution in [0.1, 0.15) is 30.6 Å². The maximum Gasteiger partial charge on any atom is 0.254 e. The van der Waals surface area contributed by atoms with Crippen molar-refractivity contribution in [3.05, 3.63) is 35.4 Å². The number of halogens is 2. The second-order valence-electron chi connectivity index (χ2n) is 6.87. The first kappa shape index (κ1) is 23.2.